The summed E-state index contributed by atoms with van der Waals surface area (Å²) in [7, 11) is 3.06. The van der Waals surface area contributed by atoms with Gasteiger partial charge in [0, 0.05) is 24.2 Å². The van der Waals surface area contributed by atoms with E-state index in [0.717, 1.165) is 0 Å². The summed E-state index contributed by atoms with van der Waals surface area (Å²) >= 11 is 1.28. The van der Waals surface area contributed by atoms with Gasteiger partial charge in [-0.2, -0.15) is 0 Å². The first-order valence-electron chi connectivity index (χ1n) is 7.44. The standard InChI is InChI=1S/C16H15N5O4S/c1-24-10-4-5-13(25-2)11(8-10)21-12(14(15(22)23)19-20-21)9-26-16-17-6-3-7-18-16/h3-8H,9H2,1-2H3,(H,22,23). The number of benzene rings is 1. The molecular weight excluding hydrogens is 358 g/mol. The van der Waals surface area contributed by atoms with Gasteiger partial charge in [0.05, 0.1) is 19.9 Å². The second kappa shape index (κ2) is 7.83. The molecule has 1 N–H and O–H groups in total. The van der Waals surface area contributed by atoms with Crippen molar-refractivity contribution in [3.05, 3.63) is 48.0 Å². The molecular formula is C16H15N5O4S. The zero-order valence-electron chi connectivity index (χ0n) is 14.0. The van der Waals surface area contributed by atoms with Crippen molar-refractivity contribution in [2.45, 2.75) is 10.9 Å². The van der Waals surface area contributed by atoms with Gasteiger partial charge in [-0.25, -0.2) is 19.4 Å². The van der Waals surface area contributed by atoms with Gasteiger partial charge in [0.2, 0.25) is 0 Å². The lowest BCUT2D eigenvalue weighted by molar-refractivity contribution is 0.0689. The first-order valence-corrected chi connectivity index (χ1v) is 8.42. The molecule has 2 heterocycles. The second-order valence-electron chi connectivity index (χ2n) is 4.96. The van der Waals surface area contributed by atoms with Gasteiger partial charge in [-0.15, -0.1) is 5.10 Å². The van der Waals surface area contributed by atoms with Gasteiger partial charge in [0.1, 0.15) is 17.2 Å². The Morgan fingerprint density at radius 2 is 2.00 bits per heavy atom. The normalized spacial score (nSPS) is 10.5. The van der Waals surface area contributed by atoms with Crippen molar-refractivity contribution in [3.8, 4) is 17.2 Å². The molecule has 9 nitrogen and oxygen atoms in total. The van der Waals surface area contributed by atoms with Crippen LogP contribution in [0.3, 0.4) is 0 Å². The van der Waals surface area contributed by atoms with Crippen molar-refractivity contribution < 1.29 is 19.4 Å². The monoisotopic (exact) mass is 373 g/mol. The van der Waals surface area contributed by atoms with Crippen molar-refractivity contribution >= 4 is 17.7 Å². The van der Waals surface area contributed by atoms with E-state index in [4.69, 9.17) is 9.47 Å². The molecule has 0 fully saturated rings. The van der Waals surface area contributed by atoms with Gasteiger partial charge in [-0.3, -0.25) is 0 Å². The number of thioether (sulfide) groups is 1. The number of rotatable bonds is 7. The lowest BCUT2D eigenvalue weighted by atomic mass is 10.2. The van der Waals surface area contributed by atoms with Crippen molar-refractivity contribution in [1.82, 2.24) is 25.0 Å². The summed E-state index contributed by atoms with van der Waals surface area (Å²) in [5.41, 5.74) is 0.774. The molecule has 3 rings (SSSR count). The van der Waals surface area contributed by atoms with Crippen LogP contribution in [-0.4, -0.2) is 50.3 Å². The molecule has 0 aliphatic rings. The van der Waals surface area contributed by atoms with Crippen LogP contribution in [-0.2, 0) is 5.75 Å². The number of aromatic nitrogens is 5. The van der Waals surface area contributed by atoms with Gasteiger partial charge in [-0.1, -0.05) is 17.0 Å². The quantitative estimate of drug-likeness (QED) is 0.491. The Balaban J connectivity index is 2.04. The van der Waals surface area contributed by atoms with Gasteiger partial charge in [0.15, 0.2) is 10.9 Å². The highest BCUT2D eigenvalue weighted by molar-refractivity contribution is 7.98. The minimum absolute atomic E-state index is 0.140. The minimum Gasteiger partial charge on any atom is -0.497 e. The largest absolute Gasteiger partial charge is 0.497 e. The van der Waals surface area contributed by atoms with Gasteiger partial charge >= 0.3 is 5.97 Å². The zero-order chi connectivity index (χ0) is 18.5. The molecule has 0 bridgehead atoms. The van der Waals surface area contributed by atoms with Crippen LogP contribution in [0.2, 0.25) is 0 Å². The summed E-state index contributed by atoms with van der Waals surface area (Å²) in [5.74, 6) is 0.189. The van der Waals surface area contributed by atoms with E-state index in [9.17, 15) is 9.90 Å². The molecule has 0 aliphatic carbocycles. The number of carbonyl (C=O) groups is 1. The van der Waals surface area contributed by atoms with Crippen LogP contribution < -0.4 is 9.47 Å². The number of aromatic carboxylic acids is 1. The van der Waals surface area contributed by atoms with E-state index in [1.54, 1.807) is 43.8 Å². The molecule has 0 atom stereocenters. The Morgan fingerprint density at radius 3 is 2.65 bits per heavy atom. The van der Waals surface area contributed by atoms with Crippen LogP contribution in [0.1, 0.15) is 16.2 Å². The number of carboxylic acids is 1. The average molecular weight is 373 g/mol. The van der Waals surface area contributed by atoms with Crippen molar-refractivity contribution in [2.24, 2.45) is 0 Å². The van der Waals surface area contributed by atoms with Crippen LogP contribution in [0.15, 0.2) is 41.8 Å². The maximum atomic E-state index is 11.5. The van der Waals surface area contributed by atoms with E-state index < -0.39 is 5.97 Å². The van der Waals surface area contributed by atoms with Gasteiger partial charge in [0.25, 0.3) is 0 Å². The summed E-state index contributed by atoms with van der Waals surface area (Å²) in [6.07, 6.45) is 3.24. The molecule has 0 unspecified atom stereocenters. The number of nitrogens with zero attached hydrogens (tertiary/aromatic N) is 5. The third-order valence-electron chi connectivity index (χ3n) is 3.46. The van der Waals surface area contributed by atoms with Gasteiger partial charge in [-0.05, 0) is 18.2 Å². The molecule has 3 aromatic rings. The SMILES string of the molecule is COc1ccc(OC)c(-n2nnc(C(=O)O)c2CSc2ncccn2)c1. The number of hydrogen-bond acceptors (Lipinski definition) is 8. The third kappa shape index (κ3) is 3.59. The number of carboxylic acid groups (broad SMARTS) is 1. The Bertz CT molecular complexity index is 916. The fraction of sp³-hybridized carbons (Fsp3) is 0.188. The highest BCUT2D eigenvalue weighted by Gasteiger charge is 2.22. The average Bonchev–Trinajstić information content (AvgIpc) is 3.10. The molecule has 0 saturated heterocycles. The van der Waals surface area contributed by atoms with E-state index in [0.29, 0.717) is 28.0 Å². The number of hydrogen-bond donors (Lipinski definition) is 1. The van der Waals surface area contributed by atoms with Crippen molar-refractivity contribution in [2.75, 3.05) is 14.2 Å². The van der Waals surface area contributed by atoms with Crippen LogP contribution in [0.4, 0.5) is 0 Å². The molecule has 0 radical (unpaired) electrons. The number of methoxy groups -OCH3 is 2. The summed E-state index contributed by atoms with van der Waals surface area (Å²) in [6, 6.07) is 6.86. The first kappa shape index (κ1) is 17.7. The van der Waals surface area contributed by atoms with E-state index in [1.807, 2.05) is 0 Å². The molecule has 0 amide bonds. The summed E-state index contributed by atoms with van der Waals surface area (Å²) in [4.78, 5) is 19.8. The molecule has 134 valence electrons. The molecule has 0 saturated carbocycles. The Morgan fingerprint density at radius 1 is 1.23 bits per heavy atom. The lowest BCUT2D eigenvalue weighted by Crippen LogP contribution is -2.07. The maximum absolute atomic E-state index is 11.5. The molecule has 0 spiro atoms. The molecule has 10 heteroatoms. The highest BCUT2D eigenvalue weighted by Crippen LogP contribution is 2.30. The van der Waals surface area contributed by atoms with E-state index >= 15 is 0 Å². The predicted molar refractivity (Wildman–Crippen MR) is 93.0 cm³/mol. The molecule has 2 aromatic heterocycles. The Kier molecular flexibility index (Phi) is 5.32. The lowest BCUT2D eigenvalue weighted by Gasteiger charge is -2.12. The predicted octanol–water partition coefficient (Wildman–Crippen LogP) is 2.06. The van der Waals surface area contributed by atoms with E-state index in [2.05, 4.69) is 20.3 Å². The van der Waals surface area contributed by atoms with Crippen molar-refractivity contribution in [3.63, 3.8) is 0 Å². The second-order valence-corrected chi connectivity index (χ2v) is 5.90. The number of ether oxygens (including phenoxy) is 2. The van der Waals surface area contributed by atoms with Crippen LogP contribution in [0.25, 0.3) is 5.69 Å². The Labute approximate surface area is 153 Å². The maximum Gasteiger partial charge on any atom is 0.358 e. The van der Waals surface area contributed by atoms with Crippen LogP contribution in [0.5, 0.6) is 11.5 Å². The summed E-state index contributed by atoms with van der Waals surface area (Å²) in [6.45, 7) is 0. The molecule has 26 heavy (non-hydrogen) atoms. The van der Waals surface area contributed by atoms with Crippen molar-refractivity contribution in [1.29, 1.82) is 0 Å². The summed E-state index contributed by atoms with van der Waals surface area (Å²) < 4.78 is 12.0. The fourth-order valence-corrected chi connectivity index (χ4v) is 3.04. The zero-order valence-corrected chi connectivity index (χ0v) is 14.8. The Hall–Kier alpha value is -3.14. The van der Waals surface area contributed by atoms with E-state index in [1.165, 1.54) is 23.6 Å². The summed E-state index contributed by atoms with van der Waals surface area (Å²) in [5, 5.41) is 17.8. The minimum atomic E-state index is -1.16. The van der Waals surface area contributed by atoms with E-state index in [-0.39, 0.29) is 11.4 Å². The molecule has 1 aromatic carbocycles. The highest BCUT2D eigenvalue weighted by atomic mass is 32.2. The third-order valence-corrected chi connectivity index (χ3v) is 4.35. The molecule has 0 aliphatic heterocycles. The fourth-order valence-electron chi connectivity index (χ4n) is 2.25. The first-order chi connectivity index (χ1) is 12.6. The van der Waals surface area contributed by atoms with Crippen LogP contribution >= 0.6 is 11.8 Å². The van der Waals surface area contributed by atoms with Crippen LogP contribution in [0, 0.1) is 0 Å². The topological polar surface area (TPSA) is 112 Å². The van der Waals surface area contributed by atoms with Gasteiger partial charge < -0.3 is 14.6 Å². The smallest absolute Gasteiger partial charge is 0.358 e.